The standard InChI is InChI=1S/C19H19N5O3S.ClH/c25-16-12-3-4-15(23-8-11-2-1-5-20-14(11)10-23)22-17(12)24(9-13(16)18(26)27)19-21-6-7-28-19;/h3-4,6-7,9,11,14,20H,1-2,5,8,10H2,(H,26,27);1H/t11-,14+;/m0./s1. The van der Waals surface area contributed by atoms with Gasteiger partial charge in [0.15, 0.2) is 10.8 Å². The van der Waals surface area contributed by atoms with Crippen molar-refractivity contribution in [2.75, 3.05) is 24.5 Å². The van der Waals surface area contributed by atoms with E-state index in [0.29, 0.717) is 22.7 Å². The number of carbonyl (C=O) groups is 1. The van der Waals surface area contributed by atoms with Gasteiger partial charge in [-0.2, -0.15) is 0 Å². The fourth-order valence-electron chi connectivity index (χ4n) is 4.24. The minimum Gasteiger partial charge on any atom is -0.477 e. The lowest BCUT2D eigenvalue weighted by Crippen LogP contribution is -2.40. The molecule has 2 saturated heterocycles. The van der Waals surface area contributed by atoms with E-state index < -0.39 is 11.4 Å². The van der Waals surface area contributed by atoms with Crippen LogP contribution in [0.25, 0.3) is 16.2 Å². The van der Waals surface area contributed by atoms with E-state index in [1.165, 1.54) is 30.4 Å². The Hall–Kier alpha value is -2.49. The highest BCUT2D eigenvalue weighted by molar-refractivity contribution is 7.12. The number of piperidine rings is 1. The Balaban J connectivity index is 0.00000205. The molecule has 8 nitrogen and oxygen atoms in total. The van der Waals surface area contributed by atoms with Crippen molar-refractivity contribution >= 4 is 46.6 Å². The number of halogens is 1. The van der Waals surface area contributed by atoms with Crippen LogP contribution in [0.1, 0.15) is 23.2 Å². The summed E-state index contributed by atoms with van der Waals surface area (Å²) < 4.78 is 1.61. The molecule has 2 aliphatic rings. The Morgan fingerprint density at radius 2 is 2.17 bits per heavy atom. The zero-order valence-corrected chi connectivity index (χ0v) is 17.1. The number of nitrogens with one attached hydrogen (secondary N) is 1. The first kappa shape index (κ1) is 19.8. The van der Waals surface area contributed by atoms with Crippen molar-refractivity contribution in [1.29, 1.82) is 0 Å². The predicted molar refractivity (Wildman–Crippen MR) is 114 cm³/mol. The van der Waals surface area contributed by atoms with Crippen LogP contribution in [0, 0.1) is 5.92 Å². The first-order chi connectivity index (χ1) is 13.6. The van der Waals surface area contributed by atoms with Gasteiger partial charge in [0.1, 0.15) is 11.4 Å². The second-order valence-electron chi connectivity index (χ2n) is 7.27. The van der Waals surface area contributed by atoms with Crippen LogP contribution >= 0.6 is 23.7 Å². The van der Waals surface area contributed by atoms with E-state index in [1.54, 1.807) is 22.2 Å². The summed E-state index contributed by atoms with van der Waals surface area (Å²) in [6.07, 6.45) is 5.38. The Morgan fingerprint density at radius 1 is 1.31 bits per heavy atom. The summed E-state index contributed by atoms with van der Waals surface area (Å²) in [5.74, 6) is 0.161. The van der Waals surface area contributed by atoms with Gasteiger partial charge in [0.05, 0.1) is 5.39 Å². The number of hydrogen-bond donors (Lipinski definition) is 2. The highest BCUT2D eigenvalue weighted by Gasteiger charge is 2.35. The van der Waals surface area contributed by atoms with Gasteiger partial charge in [-0.05, 0) is 37.4 Å². The Morgan fingerprint density at radius 3 is 2.90 bits per heavy atom. The minimum atomic E-state index is -1.25. The average molecular weight is 434 g/mol. The lowest BCUT2D eigenvalue weighted by atomic mass is 9.94. The molecule has 0 radical (unpaired) electrons. The van der Waals surface area contributed by atoms with Gasteiger partial charge in [-0.3, -0.25) is 9.36 Å². The molecule has 0 bridgehead atoms. The van der Waals surface area contributed by atoms with Gasteiger partial charge in [-0.25, -0.2) is 14.8 Å². The fraction of sp³-hybridized carbons (Fsp3) is 0.368. The normalized spacial score (nSPS) is 21.0. The molecule has 0 spiro atoms. The topological polar surface area (TPSA) is 100 Å². The average Bonchev–Trinajstić information content (AvgIpc) is 3.37. The summed E-state index contributed by atoms with van der Waals surface area (Å²) in [6.45, 7) is 2.88. The van der Waals surface area contributed by atoms with E-state index in [-0.39, 0.29) is 23.4 Å². The highest BCUT2D eigenvalue weighted by atomic mass is 35.5. The van der Waals surface area contributed by atoms with E-state index in [4.69, 9.17) is 4.98 Å². The number of aromatic nitrogens is 3. The first-order valence-electron chi connectivity index (χ1n) is 9.30. The van der Waals surface area contributed by atoms with Crippen LogP contribution in [0.4, 0.5) is 5.82 Å². The van der Waals surface area contributed by atoms with Gasteiger partial charge in [0, 0.05) is 36.9 Å². The summed E-state index contributed by atoms with van der Waals surface area (Å²) in [5, 5.41) is 15.7. The molecule has 0 saturated carbocycles. The molecule has 2 aliphatic heterocycles. The number of carboxylic acid groups (broad SMARTS) is 1. The van der Waals surface area contributed by atoms with E-state index in [2.05, 4.69) is 15.2 Å². The molecule has 2 fully saturated rings. The molecule has 5 heterocycles. The Kier molecular flexibility index (Phi) is 5.28. The van der Waals surface area contributed by atoms with Crippen LogP contribution in [-0.2, 0) is 0 Å². The first-order valence-corrected chi connectivity index (χ1v) is 10.2. The molecular formula is C19H20ClN5O3S. The maximum Gasteiger partial charge on any atom is 0.341 e. The van der Waals surface area contributed by atoms with E-state index in [1.807, 2.05) is 6.07 Å². The lowest BCUT2D eigenvalue weighted by Gasteiger charge is -2.24. The molecule has 0 aromatic carbocycles. The van der Waals surface area contributed by atoms with Crippen molar-refractivity contribution in [2.24, 2.45) is 5.92 Å². The molecular weight excluding hydrogens is 414 g/mol. The van der Waals surface area contributed by atoms with Gasteiger partial charge in [0.2, 0.25) is 5.43 Å². The molecule has 3 aromatic rings. The number of carboxylic acids is 1. The number of thiazole rings is 1. The highest BCUT2D eigenvalue weighted by Crippen LogP contribution is 2.29. The van der Waals surface area contributed by atoms with Crippen molar-refractivity contribution in [3.63, 3.8) is 0 Å². The minimum absolute atomic E-state index is 0. The quantitative estimate of drug-likeness (QED) is 0.652. The largest absolute Gasteiger partial charge is 0.477 e. The molecule has 3 aromatic heterocycles. The number of aromatic carboxylic acids is 1. The number of rotatable bonds is 3. The molecule has 0 amide bonds. The van der Waals surface area contributed by atoms with Crippen LogP contribution in [-0.4, -0.2) is 51.3 Å². The third kappa shape index (κ3) is 3.39. The number of hydrogen-bond acceptors (Lipinski definition) is 7. The summed E-state index contributed by atoms with van der Waals surface area (Å²) in [6, 6.07) is 3.98. The van der Waals surface area contributed by atoms with E-state index in [9.17, 15) is 14.7 Å². The van der Waals surface area contributed by atoms with Gasteiger partial charge in [-0.15, -0.1) is 23.7 Å². The van der Waals surface area contributed by atoms with Gasteiger partial charge in [-0.1, -0.05) is 0 Å². The molecule has 5 rings (SSSR count). The number of nitrogens with zero attached hydrogens (tertiary/aromatic N) is 4. The Bertz CT molecular complexity index is 1100. The van der Waals surface area contributed by atoms with Crippen LogP contribution in [0.5, 0.6) is 0 Å². The van der Waals surface area contributed by atoms with Crippen LogP contribution in [0.3, 0.4) is 0 Å². The molecule has 2 atom stereocenters. The third-order valence-corrected chi connectivity index (χ3v) is 6.39. The van der Waals surface area contributed by atoms with Crippen LogP contribution in [0.15, 0.2) is 34.7 Å². The summed E-state index contributed by atoms with van der Waals surface area (Å²) in [7, 11) is 0. The van der Waals surface area contributed by atoms with Gasteiger partial charge < -0.3 is 15.3 Å². The van der Waals surface area contributed by atoms with Crippen LogP contribution in [0.2, 0.25) is 0 Å². The number of fused-ring (bicyclic) bond motifs is 2. The fourth-order valence-corrected chi connectivity index (χ4v) is 4.85. The maximum absolute atomic E-state index is 12.7. The smallest absolute Gasteiger partial charge is 0.341 e. The third-order valence-electron chi connectivity index (χ3n) is 5.62. The second-order valence-corrected chi connectivity index (χ2v) is 8.14. The van der Waals surface area contributed by atoms with E-state index >= 15 is 0 Å². The molecule has 0 aliphatic carbocycles. The zero-order valence-electron chi connectivity index (χ0n) is 15.4. The van der Waals surface area contributed by atoms with Crippen molar-refractivity contribution < 1.29 is 9.90 Å². The molecule has 10 heteroatoms. The maximum atomic E-state index is 12.7. The summed E-state index contributed by atoms with van der Waals surface area (Å²) in [5.41, 5.74) is -0.370. The summed E-state index contributed by atoms with van der Waals surface area (Å²) >= 11 is 1.36. The molecule has 2 N–H and O–H groups in total. The van der Waals surface area contributed by atoms with Crippen molar-refractivity contribution in [1.82, 2.24) is 19.9 Å². The van der Waals surface area contributed by atoms with Crippen LogP contribution < -0.4 is 15.6 Å². The van der Waals surface area contributed by atoms with Crippen molar-refractivity contribution in [3.05, 3.63) is 45.7 Å². The predicted octanol–water partition coefficient (Wildman–Crippen LogP) is 2.15. The zero-order chi connectivity index (χ0) is 19.3. The molecule has 152 valence electrons. The van der Waals surface area contributed by atoms with Gasteiger partial charge >= 0.3 is 5.97 Å². The molecule has 0 unspecified atom stereocenters. The van der Waals surface area contributed by atoms with E-state index in [0.717, 1.165) is 25.5 Å². The lowest BCUT2D eigenvalue weighted by molar-refractivity contribution is 0.0695. The van der Waals surface area contributed by atoms with Crippen molar-refractivity contribution in [2.45, 2.75) is 18.9 Å². The summed E-state index contributed by atoms with van der Waals surface area (Å²) in [4.78, 5) is 35.5. The van der Waals surface area contributed by atoms with Crippen molar-refractivity contribution in [3.8, 4) is 5.13 Å². The second kappa shape index (κ2) is 7.74. The Labute approximate surface area is 176 Å². The van der Waals surface area contributed by atoms with Gasteiger partial charge in [0.25, 0.3) is 0 Å². The number of anilines is 1. The molecule has 29 heavy (non-hydrogen) atoms. The SMILES string of the molecule is Cl.O=C(O)c1cn(-c2nccs2)c2nc(N3C[C@@H]4CCCN[C@@H]4C3)ccc2c1=O. The monoisotopic (exact) mass is 433 g/mol. The number of pyridine rings is 2.